The first-order valence-corrected chi connectivity index (χ1v) is 9.60. The molecule has 0 spiro atoms. The van der Waals surface area contributed by atoms with Crippen LogP contribution in [0.2, 0.25) is 0 Å². The van der Waals surface area contributed by atoms with Crippen molar-refractivity contribution in [2.75, 3.05) is 13.2 Å². The summed E-state index contributed by atoms with van der Waals surface area (Å²) in [5, 5.41) is 6.22. The van der Waals surface area contributed by atoms with Gasteiger partial charge in [-0.15, -0.1) is 0 Å². The second-order valence-electron chi connectivity index (χ2n) is 6.29. The van der Waals surface area contributed by atoms with Crippen LogP contribution in [-0.4, -0.2) is 24.2 Å². The van der Waals surface area contributed by atoms with Crippen molar-refractivity contribution in [3.63, 3.8) is 0 Å². The summed E-state index contributed by atoms with van der Waals surface area (Å²) < 4.78 is 5.60. The van der Waals surface area contributed by atoms with Gasteiger partial charge in [-0.1, -0.05) is 25.0 Å². The third kappa shape index (κ3) is 7.26. The number of thiocarbonyl (C=S) groups is 1. The molecule has 1 aromatic rings. The average Bonchev–Trinajstić information content (AvgIpc) is 2.63. The number of amides is 1. The van der Waals surface area contributed by atoms with Crippen molar-refractivity contribution < 1.29 is 9.53 Å². The maximum Gasteiger partial charge on any atom is 0.257 e. The first-order valence-electron chi connectivity index (χ1n) is 9.19. The summed E-state index contributed by atoms with van der Waals surface area (Å²) in [6, 6.07) is 7.14. The second kappa shape index (κ2) is 10.9. The van der Waals surface area contributed by atoms with Crippen molar-refractivity contribution >= 4 is 23.2 Å². The number of allylic oxidation sites excluding steroid dienone is 1. The number of hydrogen-bond donors (Lipinski definition) is 2. The fourth-order valence-electron chi connectivity index (χ4n) is 2.72. The molecule has 5 heteroatoms. The summed E-state index contributed by atoms with van der Waals surface area (Å²) >= 11 is 5.21. The van der Waals surface area contributed by atoms with Crippen LogP contribution in [0.3, 0.4) is 0 Å². The molecule has 4 nitrogen and oxygen atoms in total. The van der Waals surface area contributed by atoms with E-state index in [0.717, 1.165) is 31.6 Å². The largest absolute Gasteiger partial charge is 0.494 e. The molecule has 0 heterocycles. The summed E-state index contributed by atoms with van der Waals surface area (Å²) in [5.74, 6) is 0.584. The molecular weight excluding hydrogens is 332 g/mol. The van der Waals surface area contributed by atoms with Gasteiger partial charge in [0.1, 0.15) is 5.75 Å². The van der Waals surface area contributed by atoms with Crippen LogP contribution in [0.25, 0.3) is 0 Å². The predicted molar refractivity (Wildman–Crippen MR) is 106 cm³/mol. The number of benzene rings is 1. The fraction of sp³-hybridized carbons (Fsp3) is 0.500. The Bertz CT molecular complexity index is 596. The molecule has 0 radical (unpaired) electrons. The van der Waals surface area contributed by atoms with Gasteiger partial charge in [0.05, 0.1) is 6.61 Å². The van der Waals surface area contributed by atoms with Gasteiger partial charge in [0, 0.05) is 12.1 Å². The van der Waals surface area contributed by atoms with Gasteiger partial charge in [0.25, 0.3) is 5.91 Å². The first kappa shape index (κ1) is 19.4. The Labute approximate surface area is 156 Å². The Hall–Kier alpha value is -1.88. The Morgan fingerprint density at radius 1 is 1.24 bits per heavy atom. The number of rotatable bonds is 8. The smallest absolute Gasteiger partial charge is 0.257 e. The van der Waals surface area contributed by atoms with Crippen molar-refractivity contribution in [2.24, 2.45) is 0 Å². The van der Waals surface area contributed by atoms with Crippen LogP contribution < -0.4 is 15.4 Å². The van der Waals surface area contributed by atoms with Crippen LogP contribution in [0.1, 0.15) is 62.2 Å². The summed E-state index contributed by atoms with van der Waals surface area (Å²) in [5.41, 5.74) is 2.06. The van der Waals surface area contributed by atoms with Gasteiger partial charge in [0.15, 0.2) is 5.11 Å². The Morgan fingerprint density at radius 3 is 2.72 bits per heavy atom. The highest BCUT2D eigenvalue weighted by atomic mass is 32.1. The van der Waals surface area contributed by atoms with Crippen molar-refractivity contribution in [2.45, 2.75) is 51.9 Å². The maximum absolute atomic E-state index is 12.2. The molecular formula is C20H28N2O2S. The van der Waals surface area contributed by atoms with Crippen molar-refractivity contribution in [1.29, 1.82) is 0 Å². The lowest BCUT2D eigenvalue weighted by molar-refractivity contribution is 0.0976. The fourth-order valence-corrected chi connectivity index (χ4v) is 2.92. The van der Waals surface area contributed by atoms with Crippen LogP contribution >= 0.6 is 12.2 Å². The Balaban J connectivity index is 1.71. The second-order valence-corrected chi connectivity index (χ2v) is 6.70. The molecule has 0 atom stereocenters. The standard InChI is InChI=1S/C20H28N2O2S/c1-2-3-15-24-18-11-9-17(10-12-18)19(23)22-20(25)21-14-13-16-7-5-4-6-8-16/h7,9-12H,2-6,8,13-15H2,1H3,(H2,21,22,23,25). The van der Waals surface area contributed by atoms with Crippen molar-refractivity contribution in [3.8, 4) is 5.75 Å². The lowest BCUT2D eigenvalue weighted by Gasteiger charge is -2.14. The third-order valence-electron chi connectivity index (χ3n) is 4.23. The van der Waals surface area contributed by atoms with E-state index in [-0.39, 0.29) is 5.91 Å². The number of carbonyl (C=O) groups excluding carboxylic acids is 1. The zero-order valence-electron chi connectivity index (χ0n) is 15.0. The predicted octanol–water partition coefficient (Wildman–Crippen LogP) is 4.36. The minimum absolute atomic E-state index is 0.200. The molecule has 1 aliphatic rings. The number of unbranched alkanes of at least 4 members (excludes halogenated alkanes) is 1. The van der Waals surface area contributed by atoms with Crippen LogP contribution in [0.5, 0.6) is 5.75 Å². The molecule has 0 fully saturated rings. The number of ether oxygens (including phenoxy) is 1. The van der Waals surface area contributed by atoms with Crippen LogP contribution in [0, 0.1) is 0 Å². The molecule has 1 amide bonds. The lowest BCUT2D eigenvalue weighted by Crippen LogP contribution is -2.39. The molecule has 1 aromatic carbocycles. The maximum atomic E-state index is 12.2. The highest BCUT2D eigenvalue weighted by Gasteiger charge is 2.08. The van der Waals surface area contributed by atoms with Gasteiger partial charge in [-0.25, -0.2) is 0 Å². The summed E-state index contributed by atoms with van der Waals surface area (Å²) in [6.45, 7) is 3.58. The number of carbonyl (C=O) groups is 1. The normalized spacial score (nSPS) is 13.7. The van der Waals surface area contributed by atoms with Gasteiger partial charge in [-0.05, 0) is 75.0 Å². The topological polar surface area (TPSA) is 50.4 Å². The van der Waals surface area contributed by atoms with Crippen molar-refractivity contribution in [3.05, 3.63) is 41.5 Å². The van der Waals surface area contributed by atoms with Crippen molar-refractivity contribution in [1.82, 2.24) is 10.6 Å². The number of hydrogen-bond acceptors (Lipinski definition) is 3. The molecule has 2 rings (SSSR count). The van der Waals surface area contributed by atoms with Crippen LogP contribution in [0.4, 0.5) is 0 Å². The van der Waals surface area contributed by atoms with E-state index >= 15 is 0 Å². The van der Waals surface area contributed by atoms with Gasteiger partial charge in [0.2, 0.25) is 0 Å². The highest BCUT2D eigenvalue weighted by molar-refractivity contribution is 7.80. The van der Waals surface area contributed by atoms with E-state index in [1.807, 2.05) is 12.1 Å². The molecule has 0 aliphatic heterocycles. The monoisotopic (exact) mass is 360 g/mol. The quantitative estimate of drug-likeness (QED) is 0.411. The molecule has 0 saturated carbocycles. The minimum atomic E-state index is -0.200. The molecule has 0 saturated heterocycles. The molecule has 0 unspecified atom stereocenters. The van der Waals surface area contributed by atoms with Gasteiger partial charge in [-0.3, -0.25) is 10.1 Å². The Kier molecular flexibility index (Phi) is 8.46. The van der Waals surface area contributed by atoms with E-state index in [9.17, 15) is 4.79 Å². The van der Waals surface area contributed by atoms with E-state index in [0.29, 0.717) is 17.3 Å². The molecule has 25 heavy (non-hydrogen) atoms. The van der Waals surface area contributed by atoms with Crippen LogP contribution in [-0.2, 0) is 0 Å². The Morgan fingerprint density at radius 2 is 2.04 bits per heavy atom. The van der Waals surface area contributed by atoms with E-state index in [1.54, 1.807) is 12.1 Å². The third-order valence-corrected chi connectivity index (χ3v) is 4.47. The molecule has 2 N–H and O–H groups in total. The molecule has 1 aliphatic carbocycles. The van der Waals surface area contributed by atoms with E-state index in [2.05, 4.69) is 23.6 Å². The minimum Gasteiger partial charge on any atom is -0.494 e. The highest BCUT2D eigenvalue weighted by Crippen LogP contribution is 2.19. The summed E-state index contributed by atoms with van der Waals surface area (Å²) in [6.07, 6.45) is 10.4. The SMILES string of the molecule is CCCCOc1ccc(C(=O)NC(=S)NCCC2=CCCCC2)cc1. The zero-order chi connectivity index (χ0) is 17.9. The first-order chi connectivity index (χ1) is 12.2. The zero-order valence-corrected chi connectivity index (χ0v) is 15.8. The lowest BCUT2D eigenvalue weighted by atomic mass is 9.97. The van der Waals surface area contributed by atoms with Gasteiger partial charge in [-0.2, -0.15) is 0 Å². The summed E-state index contributed by atoms with van der Waals surface area (Å²) in [4.78, 5) is 12.2. The molecule has 0 aromatic heterocycles. The number of nitrogens with one attached hydrogen (secondary N) is 2. The van der Waals surface area contributed by atoms with E-state index < -0.39 is 0 Å². The van der Waals surface area contributed by atoms with E-state index in [4.69, 9.17) is 17.0 Å². The molecule has 136 valence electrons. The van der Waals surface area contributed by atoms with Crippen LogP contribution in [0.15, 0.2) is 35.9 Å². The summed E-state index contributed by atoms with van der Waals surface area (Å²) in [7, 11) is 0. The van der Waals surface area contributed by atoms with E-state index in [1.165, 1.54) is 31.3 Å². The average molecular weight is 361 g/mol. The van der Waals surface area contributed by atoms with Gasteiger partial charge < -0.3 is 10.1 Å². The van der Waals surface area contributed by atoms with Gasteiger partial charge >= 0.3 is 0 Å². The molecule has 0 bridgehead atoms.